The van der Waals surface area contributed by atoms with E-state index < -0.39 is 35.5 Å². The van der Waals surface area contributed by atoms with Crippen molar-refractivity contribution >= 4 is 27.5 Å². The van der Waals surface area contributed by atoms with Crippen molar-refractivity contribution in [2.75, 3.05) is 5.32 Å². The number of aryl methyl sites for hydroxylation is 1. The predicted molar refractivity (Wildman–Crippen MR) is 68.4 cm³/mol. The van der Waals surface area contributed by atoms with Gasteiger partial charge in [0.05, 0.1) is 5.69 Å². The third-order valence-electron chi connectivity index (χ3n) is 2.80. The van der Waals surface area contributed by atoms with E-state index >= 15 is 0 Å². The molecule has 0 fully saturated rings. The van der Waals surface area contributed by atoms with Crippen LogP contribution in [-0.2, 0) is 4.79 Å². The van der Waals surface area contributed by atoms with Crippen molar-refractivity contribution in [1.82, 2.24) is 0 Å². The quantitative estimate of drug-likeness (QED) is 0.655. The van der Waals surface area contributed by atoms with Crippen LogP contribution in [-0.4, -0.2) is 29.9 Å². The maximum Gasteiger partial charge on any atom is 0.460 e. The lowest BCUT2D eigenvalue weighted by molar-refractivity contribution is -0.388. The molecule has 0 atom stereocenters. The molecule has 1 rings (SSSR count). The number of benzene rings is 1. The summed E-state index contributed by atoms with van der Waals surface area (Å²) in [7, 11) is 0. The smallest absolute Gasteiger partial charge is 0.320 e. The van der Waals surface area contributed by atoms with E-state index in [2.05, 4.69) is 15.9 Å². The average molecular weight is 432 g/mol. The summed E-state index contributed by atoms with van der Waals surface area (Å²) in [5.41, 5.74) is 0.0389. The van der Waals surface area contributed by atoms with Gasteiger partial charge in [-0.2, -0.15) is 39.5 Å². The molecule has 0 aliphatic carbocycles. The Hall–Kier alpha value is -1.46. The zero-order valence-electron chi connectivity index (χ0n) is 11.4. The third kappa shape index (κ3) is 3.33. The van der Waals surface area contributed by atoms with E-state index in [1.807, 2.05) is 0 Å². The van der Waals surface area contributed by atoms with E-state index in [0.717, 1.165) is 6.07 Å². The highest BCUT2D eigenvalue weighted by molar-refractivity contribution is 9.10. The Kier molecular flexibility index (Phi) is 5.25. The van der Waals surface area contributed by atoms with Crippen molar-refractivity contribution in [1.29, 1.82) is 0 Å². The molecule has 0 aliphatic heterocycles. The Bertz CT molecular complexity index is 642. The van der Waals surface area contributed by atoms with Crippen molar-refractivity contribution in [2.45, 2.75) is 30.9 Å². The summed E-state index contributed by atoms with van der Waals surface area (Å²) in [5.74, 6) is -23.5. The third-order valence-corrected chi connectivity index (χ3v) is 3.46. The van der Waals surface area contributed by atoms with Gasteiger partial charge in [0.2, 0.25) is 0 Å². The molecule has 0 heterocycles. The van der Waals surface area contributed by atoms with E-state index in [9.17, 15) is 44.3 Å². The zero-order chi connectivity index (χ0) is 19.1. The fourth-order valence-corrected chi connectivity index (χ4v) is 2.03. The predicted octanol–water partition coefficient (Wildman–Crippen LogP) is 5.16. The summed E-state index contributed by atoms with van der Waals surface area (Å²) in [6, 6.07) is 3.48. The lowest BCUT2D eigenvalue weighted by atomic mass is 10.0. The molecule has 1 N–H and O–H groups in total. The maximum atomic E-state index is 13.4. The van der Waals surface area contributed by atoms with Crippen LogP contribution in [0, 0.1) is 6.92 Å². The highest BCUT2D eigenvalue weighted by Crippen LogP contribution is 2.53. The van der Waals surface area contributed by atoms with Crippen LogP contribution in [0.5, 0.6) is 0 Å². The monoisotopic (exact) mass is 431 g/mol. The molecule has 136 valence electrons. The van der Waals surface area contributed by atoms with Crippen LogP contribution >= 0.6 is 15.9 Å². The molecule has 2 nitrogen and oxygen atoms in total. The zero-order valence-corrected chi connectivity index (χ0v) is 13.0. The Morgan fingerprint density at radius 3 is 1.88 bits per heavy atom. The summed E-state index contributed by atoms with van der Waals surface area (Å²) in [6.07, 6.45) is -6.98. The molecule has 0 aliphatic rings. The minimum atomic E-state index is -7.12. The van der Waals surface area contributed by atoms with Crippen LogP contribution in [0.25, 0.3) is 0 Å². The van der Waals surface area contributed by atoms with Crippen molar-refractivity contribution in [3.05, 3.63) is 28.2 Å². The van der Waals surface area contributed by atoms with Crippen molar-refractivity contribution in [2.24, 2.45) is 0 Å². The van der Waals surface area contributed by atoms with Crippen LogP contribution in [0.4, 0.5) is 45.2 Å². The number of amides is 1. The standard InChI is InChI=1S/C12H7BrF9NO/c1-5-2-3-7(6(13)4-5)23-8(24)9(14,15)10(16,17)11(18,19)12(20,21)22/h2-4H,1H3,(H,23,24). The molecule has 0 bridgehead atoms. The number of hydrogen-bond acceptors (Lipinski definition) is 1. The van der Waals surface area contributed by atoms with Gasteiger partial charge in [0.15, 0.2) is 0 Å². The summed E-state index contributed by atoms with van der Waals surface area (Å²) in [6.45, 7) is 1.54. The molecule has 12 heteroatoms. The number of carbonyl (C=O) groups is 1. The summed E-state index contributed by atoms with van der Waals surface area (Å²) in [4.78, 5) is 11.2. The van der Waals surface area contributed by atoms with Crippen LogP contribution in [0.3, 0.4) is 0 Å². The first-order valence-corrected chi connectivity index (χ1v) is 6.62. The normalized spacial score (nSPS) is 13.8. The molecule has 0 spiro atoms. The van der Waals surface area contributed by atoms with Gasteiger partial charge in [-0.25, -0.2) is 0 Å². The fraction of sp³-hybridized carbons (Fsp3) is 0.417. The largest absolute Gasteiger partial charge is 0.460 e. The fourth-order valence-electron chi connectivity index (χ4n) is 1.44. The van der Waals surface area contributed by atoms with Gasteiger partial charge in [-0.1, -0.05) is 6.07 Å². The summed E-state index contributed by atoms with van der Waals surface area (Å²) >= 11 is 2.79. The Labute approximate surface area is 137 Å². The van der Waals surface area contributed by atoms with E-state index in [1.165, 1.54) is 17.4 Å². The lowest BCUT2D eigenvalue weighted by Gasteiger charge is -2.32. The van der Waals surface area contributed by atoms with Crippen LogP contribution in [0.2, 0.25) is 0 Å². The number of halogens is 10. The van der Waals surface area contributed by atoms with E-state index in [0.29, 0.717) is 5.56 Å². The van der Waals surface area contributed by atoms with Gasteiger partial charge in [-0.05, 0) is 40.5 Å². The molecule has 0 unspecified atom stereocenters. The van der Waals surface area contributed by atoms with Gasteiger partial charge in [-0.15, -0.1) is 0 Å². The molecule has 1 aromatic carbocycles. The number of alkyl halides is 9. The minimum absolute atomic E-state index is 0.0717. The number of nitrogens with one attached hydrogen (secondary N) is 1. The van der Waals surface area contributed by atoms with E-state index in [1.54, 1.807) is 6.92 Å². The number of rotatable bonds is 4. The maximum absolute atomic E-state index is 13.4. The molecule has 1 aromatic rings. The minimum Gasteiger partial charge on any atom is -0.320 e. The SMILES string of the molecule is Cc1ccc(NC(=O)C(F)(F)C(F)(F)C(F)(F)C(F)(F)F)c(Br)c1. The molecule has 24 heavy (non-hydrogen) atoms. The van der Waals surface area contributed by atoms with Crippen LogP contribution in [0.1, 0.15) is 5.56 Å². The summed E-state index contributed by atoms with van der Waals surface area (Å²) < 4.78 is 114. The van der Waals surface area contributed by atoms with Crippen molar-refractivity contribution in [3.8, 4) is 0 Å². The lowest BCUT2D eigenvalue weighted by Crippen LogP contribution is -2.64. The second kappa shape index (κ2) is 6.12. The second-order valence-electron chi connectivity index (χ2n) is 4.66. The van der Waals surface area contributed by atoms with Crippen LogP contribution < -0.4 is 5.32 Å². The first-order valence-electron chi connectivity index (χ1n) is 5.83. The topological polar surface area (TPSA) is 29.1 Å². The number of anilines is 1. The van der Waals surface area contributed by atoms with Gasteiger partial charge in [0.1, 0.15) is 0 Å². The van der Waals surface area contributed by atoms with Gasteiger partial charge in [-0.3, -0.25) is 4.79 Å². The Morgan fingerprint density at radius 1 is 0.958 bits per heavy atom. The first-order chi connectivity index (χ1) is 10.6. The van der Waals surface area contributed by atoms with Crippen LogP contribution in [0.15, 0.2) is 22.7 Å². The van der Waals surface area contributed by atoms with Gasteiger partial charge >= 0.3 is 29.9 Å². The Morgan fingerprint density at radius 2 is 1.46 bits per heavy atom. The molecule has 0 saturated carbocycles. The van der Waals surface area contributed by atoms with Gasteiger partial charge < -0.3 is 5.32 Å². The molecular formula is C12H7BrF9NO. The molecular weight excluding hydrogens is 425 g/mol. The molecule has 1 amide bonds. The highest BCUT2D eigenvalue weighted by Gasteiger charge is 2.83. The second-order valence-corrected chi connectivity index (χ2v) is 5.51. The van der Waals surface area contributed by atoms with Gasteiger partial charge in [0, 0.05) is 4.47 Å². The summed E-state index contributed by atoms with van der Waals surface area (Å²) in [5, 5.41) is 1.19. The molecule has 0 radical (unpaired) electrons. The van der Waals surface area contributed by atoms with E-state index in [4.69, 9.17) is 0 Å². The number of hydrogen-bond donors (Lipinski definition) is 1. The Balaban J connectivity index is 3.20. The number of carbonyl (C=O) groups excluding carboxylic acids is 1. The average Bonchev–Trinajstić information content (AvgIpc) is 2.40. The first kappa shape index (κ1) is 20.6. The highest BCUT2D eigenvalue weighted by atomic mass is 79.9. The molecule has 0 saturated heterocycles. The van der Waals surface area contributed by atoms with E-state index in [-0.39, 0.29) is 4.47 Å². The van der Waals surface area contributed by atoms with Crippen molar-refractivity contribution in [3.63, 3.8) is 0 Å². The van der Waals surface area contributed by atoms with Crippen molar-refractivity contribution < 1.29 is 44.3 Å². The molecule has 0 aromatic heterocycles. The van der Waals surface area contributed by atoms with Gasteiger partial charge in [0.25, 0.3) is 0 Å².